The Hall–Kier alpha value is -2.37. The Balaban J connectivity index is 1.49. The molecule has 5 heteroatoms. The van der Waals surface area contributed by atoms with Crippen LogP contribution in [-0.2, 0) is 22.6 Å². The first-order valence-corrected chi connectivity index (χ1v) is 10.1. The van der Waals surface area contributed by atoms with Gasteiger partial charge in [-0.2, -0.15) is 0 Å². The summed E-state index contributed by atoms with van der Waals surface area (Å²) in [6, 6.07) is 20.1. The van der Waals surface area contributed by atoms with E-state index in [0.29, 0.717) is 19.1 Å². The van der Waals surface area contributed by atoms with Crippen LogP contribution in [0.1, 0.15) is 24.0 Å². The summed E-state index contributed by atoms with van der Waals surface area (Å²) in [5.74, 6) is 0.0889. The lowest BCUT2D eigenvalue weighted by Crippen LogP contribution is -2.37. The van der Waals surface area contributed by atoms with E-state index in [2.05, 4.69) is 69.7 Å². The second-order valence-electron chi connectivity index (χ2n) is 7.82. The van der Waals surface area contributed by atoms with Gasteiger partial charge in [-0.15, -0.1) is 0 Å². The fourth-order valence-corrected chi connectivity index (χ4v) is 4.45. The predicted octanol–water partition coefficient (Wildman–Crippen LogP) is 2.80. The molecule has 0 spiro atoms. The molecule has 0 aromatic heterocycles. The number of carbonyl (C=O) groups is 1. The third-order valence-corrected chi connectivity index (χ3v) is 5.78. The highest BCUT2D eigenvalue weighted by molar-refractivity contribution is 5.76. The quantitative estimate of drug-likeness (QED) is 0.838. The maximum absolute atomic E-state index is 12.1. The van der Waals surface area contributed by atoms with E-state index in [1.54, 1.807) is 7.11 Å². The minimum absolute atomic E-state index is 0.0889. The molecule has 1 fully saturated rings. The highest BCUT2D eigenvalue weighted by Gasteiger charge is 2.36. The van der Waals surface area contributed by atoms with Crippen molar-refractivity contribution in [3.05, 3.63) is 65.7 Å². The maximum Gasteiger partial charge on any atom is 0.222 e. The Morgan fingerprint density at radius 2 is 1.89 bits per heavy atom. The number of hydrogen-bond donors (Lipinski definition) is 1. The largest absolute Gasteiger partial charge is 0.384 e. The number of carbonyl (C=O) groups excluding carboxylic acids is 1. The summed E-state index contributed by atoms with van der Waals surface area (Å²) in [5.41, 5.74) is 4.03. The van der Waals surface area contributed by atoms with Crippen LogP contribution in [0.4, 0.5) is 5.69 Å². The Bertz CT molecular complexity index is 795. The van der Waals surface area contributed by atoms with Gasteiger partial charge in [-0.05, 0) is 23.6 Å². The fourth-order valence-electron chi connectivity index (χ4n) is 4.45. The molecule has 0 saturated carbocycles. The van der Waals surface area contributed by atoms with Crippen molar-refractivity contribution in [1.29, 1.82) is 0 Å². The minimum Gasteiger partial charge on any atom is -0.384 e. The van der Waals surface area contributed by atoms with Gasteiger partial charge in [0, 0.05) is 57.5 Å². The van der Waals surface area contributed by atoms with E-state index >= 15 is 0 Å². The lowest BCUT2D eigenvalue weighted by atomic mass is 10.1. The van der Waals surface area contributed by atoms with Crippen LogP contribution in [0.25, 0.3) is 0 Å². The topological polar surface area (TPSA) is 44.8 Å². The highest BCUT2D eigenvalue weighted by atomic mass is 16.5. The summed E-state index contributed by atoms with van der Waals surface area (Å²) in [6.07, 6.45) is 1.43. The highest BCUT2D eigenvalue weighted by Crippen LogP contribution is 2.32. The number of nitrogens with one attached hydrogen (secondary N) is 1. The first-order chi connectivity index (χ1) is 13.7. The van der Waals surface area contributed by atoms with E-state index in [1.165, 1.54) is 16.8 Å². The molecule has 2 aromatic rings. The summed E-state index contributed by atoms with van der Waals surface area (Å²) in [7, 11) is 1.63. The number of methoxy groups -OCH3 is 1. The fraction of sp³-hybridized carbons (Fsp3) is 0.435. The standard InChI is InChI=1S/C23H29N3O2/c1-28-12-11-23(27)24-20-13-21-17-26(14-18-7-3-2-4-8-18)22-10-6-5-9-19(22)15-25(21)16-20/h2-10,20-21H,11-17H2,1H3,(H,24,27)/t20-,21-/m0/s1. The van der Waals surface area contributed by atoms with Gasteiger partial charge in [0.15, 0.2) is 0 Å². The van der Waals surface area contributed by atoms with Crippen LogP contribution in [0.5, 0.6) is 0 Å². The number of fused-ring (bicyclic) bond motifs is 2. The number of nitrogens with zero attached hydrogens (tertiary/aromatic N) is 2. The van der Waals surface area contributed by atoms with Crippen molar-refractivity contribution < 1.29 is 9.53 Å². The minimum atomic E-state index is 0.0889. The lowest BCUT2D eigenvalue weighted by molar-refractivity contribution is -0.122. The molecule has 0 aliphatic carbocycles. The molecule has 0 unspecified atom stereocenters. The van der Waals surface area contributed by atoms with Crippen LogP contribution in [0.2, 0.25) is 0 Å². The summed E-state index contributed by atoms with van der Waals surface area (Å²) in [5, 5.41) is 3.20. The van der Waals surface area contributed by atoms with Crippen molar-refractivity contribution >= 4 is 11.6 Å². The van der Waals surface area contributed by atoms with Gasteiger partial charge in [0.1, 0.15) is 0 Å². The van der Waals surface area contributed by atoms with Crippen LogP contribution < -0.4 is 10.2 Å². The number of benzene rings is 2. The first kappa shape index (κ1) is 19.0. The second kappa shape index (κ2) is 8.76. The molecular formula is C23H29N3O2. The Morgan fingerprint density at radius 1 is 1.11 bits per heavy atom. The number of para-hydroxylation sites is 1. The molecule has 28 heavy (non-hydrogen) atoms. The number of ether oxygens (including phenoxy) is 1. The van der Waals surface area contributed by atoms with Gasteiger partial charge in [-0.25, -0.2) is 0 Å². The van der Waals surface area contributed by atoms with E-state index in [1.807, 2.05) is 0 Å². The van der Waals surface area contributed by atoms with E-state index in [9.17, 15) is 4.79 Å². The predicted molar refractivity (Wildman–Crippen MR) is 111 cm³/mol. The molecule has 0 radical (unpaired) electrons. The van der Waals surface area contributed by atoms with Crippen molar-refractivity contribution in [3.63, 3.8) is 0 Å². The number of rotatable bonds is 6. The molecule has 1 saturated heterocycles. The normalized spacial score (nSPS) is 21.7. The average Bonchev–Trinajstić information content (AvgIpc) is 3.01. The van der Waals surface area contributed by atoms with E-state index < -0.39 is 0 Å². The molecule has 1 amide bonds. The van der Waals surface area contributed by atoms with Crippen molar-refractivity contribution in [3.8, 4) is 0 Å². The summed E-state index contributed by atoms with van der Waals surface area (Å²) in [6.45, 7) is 4.22. The van der Waals surface area contributed by atoms with Crippen LogP contribution in [-0.4, -0.2) is 49.7 Å². The summed E-state index contributed by atoms with van der Waals surface area (Å²) >= 11 is 0. The first-order valence-electron chi connectivity index (χ1n) is 10.1. The molecule has 2 heterocycles. The van der Waals surface area contributed by atoms with Gasteiger partial charge in [0.05, 0.1) is 6.61 Å². The monoisotopic (exact) mass is 379 g/mol. The zero-order valence-corrected chi connectivity index (χ0v) is 16.5. The number of amides is 1. The Kier molecular flexibility index (Phi) is 5.93. The summed E-state index contributed by atoms with van der Waals surface area (Å²) < 4.78 is 5.02. The number of anilines is 1. The van der Waals surface area contributed by atoms with Gasteiger partial charge in [0.2, 0.25) is 5.91 Å². The molecular weight excluding hydrogens is 350 g/mol. The van der Waals surface area contributed by atoms with Crippen molar-refractivity contribution in [2.24, 2.45) is 0 Å². The smallest absolute Gasteiger partial charge is 0.222 e. The van der Waals surface area contributed by atoms with E-state index in [-0.39, 0.29) is 11.9 Å². The molecule has 1 N–H and O–H groups in total. The zero-order valence-electron chi connectivity index (χ0n) is 16.5. The molecule has 4 rings (SSSR count). The Morgan fingerprint density at radius 3 is 2.71 bits per heavy atom. The lowest BCUT2D eigenvalue weighted by Gasteiger charge is -2.28. The zero-order chi connectivity index (χ0) is 19.3. The molecule has 0 bridgehead atoms. The SMILES string of the molecule is COCCC(=O)N[C@H]1C[C@H]2CN(Cc3ccccc3)c3ccccc3CN2C1. The molecule has 5 nitrogen and oxygen atoms in total. The molecule has 2 aliphatic rings. The second-order valence-corrected chi connectivity index (χ2v) is 7.82. The summed E-state index contributed by atoms with van der Waals surface area (Å²) in [4.78, 5) is 17.2. The van der Waals surface area contributed by atoms with Crippen molar-refractivity contribution in [1.82, 2.24) is 10.2 Å². The van der Waals surface area contributed by atoms with E-state index in [4.69, 9.17) is 4.74 Å². The third-order valence-electron chi connectivity index (χ3n) is 5.78. The van der Waals surface area contributed by atoms with Gasteiger partial charge < -0.3 is 15.0 Å². The Labute approximate surface area is 167 Å². The van der Waals surface area contributed by atoms with Crippen molar-refractivity contribution in [2.45, 2.75) is 38.0 Å². The third kappa shape index (κ3) is 4.37. The molecule has 148 valence electrons. The van der Waals surface area contributed by atoms with Gasteiger partial charge >= 0.3 is 0 Å². The molecule has 2 atom stereocenters. The molecule has 2 aliphatic heterocycles. The number of hydrogen-bond acceptors (Lipinski definition) is 4. The van der Waals surface area contributed by atoms with E-state index in [0.717, 1.165) is 32.6 Å². The van der Waals surface area contributed by atoms with Crippen molar-refractivity contribution in [2.75, 3.05) is 31.7 Å². The van der Waals surface area contributed by atoms with Crippen LogP contribution >= 0.6 is 0 Å². The average molecular weight is 380 g/mol. The van der Waals surface area contributed by atoms with Gasteiger partial charge in [-0.1, -0.05) is 48.5 Å². The van der Waals surface area contributed by atoms with Crippen LogP contribution in [0.3, 0.4) is 0 Å². The van der Waals surface area contributed by atoms with Gasteiger partial charge in [-0.3, -0.25) is 9.69 Å². The maximum atomic E-state index is 12.1. The van der Waals surface area contributed by atoms with Gasteiger partial charge in [0.25, 0.3) is 0 Å². The van der Waals surface area contributed by atoms with Crippen LogP contribution in [0, 0.1) is 0 Å². The van der Waals surface area contributed by atoms with Crippen LogP contribution in [0.15, 0.2) is 54.6 Å². The molecule has 2 aromatic carbocycles.